The van der Waals surface area contributed by atoms with E-state index in [9.17, 15) is 4.79 Å². The highest BCUT2D eigenvalue weighted by Gasteiger charge is 2.40. The number of nitrogens with one attached hydrogen (secondary N) is 1. The van der Waals surface area contributed by atoms with Gasteiger partial charge in [0, 0.05) is 16.9 Å². The zero-order chi connectivity index (χ0) is 11.1. The number of anilines is 1. The Kier molecular flexibility index (Phi) is 2.48. The van der Waals surface area contributed by atoms with E-state index in [0.717, 1.165) is 10.2 Å². The minimum absolute atomic E-state index is 0.176. The number of carbonyl (C=O) groups excluding carboxylic acids is 1. The number of hydrazine groups is 1. The molecule has 0 aromatic heterocycles. The molecule has 2 aliphatic rings. The molecule has 16 heavy (non-hydrogen) atoms. The molecule has 1 heterocycles. The van der Waals surface area contributed by atoms with E-state index in [-0.39, 0.29) is 5.91 Å². The lowest BCUT2D eigenvalue weighted by Crippen LogP contribution is -2.38. The molecule has 1 saturated carbocycles. The van der Waals surface area contributed by atoms with Crippen LogP contribution in [-0.2, 0) is 4.79 Å². The Morgan fingerprint density at radius 3 is 2.88 bits per heavy atom. The summed E-state index contributed by atoms with van der Waals surface area (Å²) in [7, 11) is 0. The molecule has 1 aromatic rings. The van der Waals surface area contributed by atoms with Gasteiger partial charge in [0.2, 0.25) is 5.91 Å². The van der Waals surface area contributed by atoms with Gasteiger partial charge in [0.15, 0.2) is 0 Å². The first-order valence-electron chi connectivity index (χ1n) is 5.59. The molecule has 1 unspecified atom stereocenters. The van der Waals surface area contributed by atoms with Crippen LogP contribution in [0.25, 0.3) is 0 Å². The first kappa shape index (κ1) is 10.3. The highest BCUT2D eigenvalue weighted by atomic mass is 79.9. The molecular formula is C12H13BrN2O. The first-order valence-corrected chi connectivity index (χ1v) is 6.38. The molecule has 1 aliphatic heterocycles. The summed E-state index contributed by atoms with van der Waals surface area (Å²) in [5.74, 6) is 0.885. The third kappa shape index (κ3) is 1.87. The van der Waals surface area contributed by atoms with Crippen molar-refractivity contribution in [2.45, 2.75) is 25.3 Å². The summed E-state index contributed by atoms with van der Waals surface area (Å²) < 4.78 is 0.995. The van der Waals surface area contributed by atoms with Gasteiger partial charge >= 0.3 is 0 Å². The maximum Gasteiger partial charge on any atom is 0.243 e. The van der Waals surface area contributed by atoms with Gasteiger partial charge in [-0.1, -0.05) is 22.0 Å². The van der Waals surface area contributed by atoms with E-state index in [2.05, 4.69) is 21.4 Å². The molecule has 3 nitrogen and oxygen atoms in total. The van der Waals surface area contributed by atoms with Crippen molar-refractivity contribution in [3.8, 4) is 0 Å². The minimum Gasteiger partial charge on any atom is -0.273 e. The Morgan fingerprint density at radius 2 is 2.19 bits per heavy atom. The number of amides is 1. The van der Waals surface area contributed by atoms with Crippen LogP contribution >= 0.6 is 15.9 Å². The van der Waals surface area contributed by atoms with Crippen molar-refractivity contribution in [2.24, 2.45) is 5.92 Å². The molecule has 1 atom stereocenters. The average Bonchev–Trinajstić information content (AvgIpc) is 3.02. The standard InChI is InChI=1S/C12H13BrN2O/c13-9-2-1-3-10(6-9)15-12(16)7-11(14-15)8-4-5-8/h1-3,6,8,11,14H,4-5,7H2. The Labute approximate surface area is 103 Å². The van der Waals surface area contributed by atoms with Crippen LogP contribution in [0.1, 0.15) is 19.3 Å². The predicted octanol–water partition coefficient (Wildman–Crippen LogP) is 2.47. The van der Waals surface area contributed by atoms with Gasteiger partial charge in [0.25, 0.3) is 0 Å². The van der Waals surface area contributed by atoms with Gasteiger partial charge in [-0.25, -0.2) is 10.4 Å². The van der Waals surface area contributed by atoms with E-state index >= 15 is 0 Å². The Morgan fingerprint density at radius 1 is 1.38 bits per heavy atom. The minimum atomic E-state index is 0.176. The van der Waals surface area contributed by atoms with Crippen molar-refractivity contribution in [1.82, 2.24) is 5.43 Å². The van der Waals surface area contributed by atoms with Gasteiger partial charge in [0.05, 0.1) is 5.69 Å². The zero-order valence-electron chi connectivity index (χ0n) is 8.82. The molecule has 1 aromatic carbocycles. The molecule has 2 fully saturated rings. The van der Waals surface area contributed by atoms with Crippen LogP contribution < -0.4 is 10.4 Å². The lowest BCUT2D eigenvalue weighted by molar-refractivity contribution is -0.117. The fourth-order valence-corrected chi connectivity index (χ4v) is 2.55. The van der Waals surface area contributed by atoms with Gasteiger partial charge in [-0.05, 0) is 37.0 Å². The van der Waals surface area contributed by atoms with E-state index in [1.807, 2.05) is 24.3 Å². The molecule has 1 aliphatic carbocycles. The average molecular weight is 281 g/mol. The molecule has 0 spiro atoms. The van der Waals surface area contributed by atoms with Crippen molar-refractivity contribution in [3.05, 3.63) is 28.7 Å². The molecular weight excluding hydrogens is 268 g/mol. The normalized spacial score (nSPS) is 25.2. The third-order valence-corrected chi connectivity index (χ3v) is 3.69. The molecule has 3 rings (SSSR count). The number of nitrogens with zero attached hydrogens (tertiary/aromatic N) is 1. The third-order valence-electron chi connectivity index (χ3n) is 3.20. The van der Waals surface area contributed by atoms with E-state index in [0.29, 0.717) is 18.4 Å². The van der Waals surface area contributed by atoms with Gasteiger partial charge in [-0.3, -0.25) is 4.79 Å². The van der Waals surface area contributed by atoms with Crippen LogP contribution in [0.2, 0.25) is 0 Å². The quantitative estimate of drug-likeness (QED) is 0.903. The lowest BCUT2D eigenvalue weighted by atomic mass is 10.1. The van der Waals surface area contributed by atoms with E-state index in [4.69, 9.17) is 0 Å². The van der Waals surface area contributed by atoms with Crippen molar-refractivity contribution in [1.29, 1.82) is 0 Å². The molecule has 1 N–H and O–H groups in total. The van der Waals surface area contributed by atoms with Crippen molar-refractivity contribution in [3.63, 3.8) is 0 Å². The zero-order valence-corrected chi connectivity index (χ0v) is 10.4. The number of rotatable bonds is 2. The monoisotopic (exact) mass is 280 g/mol. The summed E-state index contributed by atoms with van der Waals surface area (Å²) in [6.45, 7) is 0. The fraction of sp³-hybridized carbons (Fsp3) is 0.417. The number of hydrogen-bond acceptors (Lipinski definition) is 2. The maximum atomic E-state index is 11.9. The van der Waals surface area contributed by atoms with Crippen LogP contribution in [0.15, 0.2) is 28.7 Å². The van der Waals surface area contributed by atoms with Crippen LogP contribution in [0.4, 0.5) is 5.69 Å². The maximum absolute atomic E-state index is 11.9. The number of carbonyl (C=O) groups is 1. The van der Waals surface area contributed by atoms with Crippen LogP contribution in [0.5, 0.6) is 0 Å². The summed E-state index contributed by atoms with van der Waals surface area (Å²) in [4.78, 5) is 11.9. The topological polar surface area (TPSA) is 32.3 Å². The van der Waals surface area contributed by atoms with Crippen molar-refractivity contribution >= 4 is 27.5 Å². The second kappa shape index (κ2) is 3.86. The summed E-state index contributed by atoms with van der Waals surface area (Å²) in [5, 5.41) is 1.69. The van der Waals surface area contributed by atoms with Crippen molar-refractivity contribution in [2.75, 3.05) is 5.01 Å². The summed E-state index contributed by atoms with van der Waals surface area (Å²) in [6, 6.07) is 8.17. The van der Waals surface area contributed by atoms with Crippen molar-refractivity contribution < 1.29 is 4.79 Å². The van der Waals surface area contributed by atoms with E-state index in [1.165, 1.54) is 12.8 Å². The fourth-order valence-electron chi connectivity index (χ4n) is 2.17. The van der Waals surface area contributed by atoms with Gasteiger partial charge in [-0.15, -0.1) is 0 Å². The largest absolute Gasteiger partial charge is 0.273 e. The summed E-state index contributed by atoms with van der Waals surface area (Å²) in [5.41, 5.74) is 4.23. The first-order chi connectivity index (χ1) is 7.74. The molecule has 1 amide bonds. The van der Waals surface area contributed by atoms with E-state index < -0.39 is 0 Å². The van der Waals surface area contributed by atoms with E-state index in [1.54, 1.807) is 5.01 Å². The summed E-state index contributed by atoms with van der Waals surface area (Å²) >= 11 is 3.42. The number of benzene rings is 1. The summed E-state index contributed by atoms with van der Waals surface area (Å²) in [6.07, 6.45) is 3.16. The van der Waals surface area contributed by atoms with Gasteiger partial charge in [-0.2, -0.15) is 0 Å². The Bertz CT molecular complexity index is 431. The van der Waals surface area contributed by atoms with Crippen LogP contribution in [-0.4, -0.2) is 11.9 Å². The molecule has 0 bridgehead atoms. The number of halogens is 1. The Hall–Kier alpha value is -0.870. The van der Waals surface area contributed by atoms with Gasteiger partial charge < -0.3 is 0 Å². The van der Waals surface area contributed by atoms with Crippen LogP contribution in [0, 0.1) is 5.92 Å². The molecule has 4 heteroatoms. The molecule has 84 valence electrons. The molecule has 0 radical (unpaired) electrons. The predicted molar refractivity (Wildman–Crippen MR) is 65.9 cm³/mol. The second-order valence-corrected chi connectivity index (χ2v) is 5.40. The number of hydrogen-bond donors (Lipinski definition) is 1. The Balaban J connectivity index is 1.81. The molecule has 1 saturated heterocycles. The highest BCUT2D eigenvalue weighted by Crippen LogP contribution is 2.37. The van der Waals surface area contributed by atoms with Gasteiger partial charge in [0.1, 0.15) is 0 Å². The second-order valence-electron chi connectivity index (χ2n) is 4.49. The highest BCUT2D eigenvalue weighted by molar-refractivity contribution is 9.10. The van der Waals surface area contributed by atoms with Crippen LogP contribution in [0.3, 0.4) is 0 Å². The lowest BCUT2D eigenvalue weighted by Gasteiger charge is -2.18. The smallest absolute Gasteiger partial charge is 0.243 e. The SMILES string of the molecule is O=C1CC(C2CC2)NN1c1cccc(Br)c1.